The summed E-state index contributed by atoms with van der Waals surface area (Å²) in [7, 11) is 0. The van der Waals surface area contributed by atoms with Gasteiger partial charge in [-0.15, -0.1) is 0 Å². The highest BCUT2D eigenvalue weighted by Gasteiger charge is 2.36. The molecule has 2 aromatic rings. The standard InChI is InChI=1S/C20H21F2N5O/c21-14-7-17(9-23)27(10-14)19(28)12-26-5-3-15(11-26)25-16-6-13-2-1-4-24-20(13)18(22)8-16/h1-2,4,6,8,14-15,17,25H,3,5,7,10-12H2/t14-,15-,17-/m0/s1. The fourth-order valence-corrected chi connectivity index (χ4v) is 4.03. The molecule has 0 spiro atoms. The minimum absolute atomic E-state index is 0.00300. The summed E-state index contributed by atoms with van der Waals surface area (Å²) in [6.07, 6.45) is 1.34. The first-order valence-electron chi connectivity index (χ1n) is 9.40. The highest BCUT2D eigenvalue weighted by atomic mass is 19.1. The Morgan fingerprint density at radius 2 is 2.25 bits per heavy atom. The first kappa shape index (κ1) is 18.6. The van der Waals surface area contributed by atoms with E-state index in [1.807, 2.05) is 23.1 Å². The number of aromatic nitrogens is 1. The third-order valence-electron chi connectivity index (χ3n) is 5.38. The summed E-state index contributed by atoms with van der Waals surface area (Å²) in [5.41, 5.74) is 1.02. The lowest BCUT2D eigenvalue weighted by atomic mass is 10.1. The summed E-state index contributed by atoms with van der Waals surface area (Å²) < 4.78 is 27.8. The van der Waals surface area contributed by atoms with Gasteiger partial charge in [0, 0.05) is 42.8 Å². The van der Waals surface area contributed by atoms with Gasteiger partial charge in [0.05, 0.1) is 19.2 Å². The number of anilines is 1. The fourth-order valence-electron chi connectivity index (χ4n) is 4.03. The number of nitriles is 1. The molecule has 1 N–H and O–H groups in total. The Labute approximate surface area is 161 Å². The zero-order valence-corrected chi connectivity index (χ0v) is 15.3. The number of benzene rings is 1. The monoisotopic (exact) mass is 385 g/mol. The summed E-state index contributed by atoms with van der Waals surface area (Å²) in [4.78, 5) is 19.8. The predicted molar refractivity (Wildman–Crippen MR) is 101 cm³/mol. The number of amides is 1. The number of hydrogen-bond acceptors (Lipinski definition) is 5. The normalized spacial score (nSPS) is 25.2. The van der Waals surface area contributed by atoms with Gasteiger partial charge in [0.2, 0.25) is 5.91 Å². The molecule has 6 nitrogen and oxygen atoms in total. The lowest BCUT2D eigenvalue weighted by Gasteiger charge is -2.23. The van der Waals surface area contributed by atoms with E-state index in [0.29, 0.717) is 24.3 Å². The minimum Gasteiger partial charge on any atom is -0.381 e. The molecule has 3 atom stereocenters. The van der Waals surface area contributed by atoms with E-state index in [4.69, 9.17) is 5.26 Å². The molecule has 0 unspecified atom stereocenters. The molecule has 3 heterocycles. The van der Waals surface area contributed by atoms with Crippen LogP contribution in [-0.2, 0) is 4.79 Å². The second-order valence-electron chi connectivity index (χ2n) is 7.42. The maximum atomic E-state index is 14.2. The highest BCUT2D eigenvalue weighted by molar-refractivity contribution is 5.83. The average Bonchev–Trinajstić information content (AvgIpc) is 3.27. The van der Waals surface area contributed by atoms with Gasteiger partial charge in [-0.05, 0) is 24.6 Å². The van der Waals surface area contributed by atoms with Crippen molar-refractivity contribution in [1.82, 2.24) is 14.8 Å². The van der Waals surface area contributed by atoms with Crippen LogP contribution >= 0.6 is 0 Å². The van der Waals surface area contributed by atoms with E-state index in [9.17, 15) is 13.6 Å². The van der Waals surface area contributed by atoms with Crippen LogP contribution in [0.4, 0.5) is 14.5 Å². The summed E-state index contributed by atoms with van der Waals surface area (Å²) in [5.74, 6) is -0.585. The van der Waals surface area contributed by atoms with E-state index >= 15 is 0 Å². The number of carbonyl (C=O) groups is 1. The van der Waals surface area contributed by atoms with E-state index in [-0.39, 0.29) is 37.3 Å². The molecule has 2 aliphatic heterocycles. The Morgan fingerprint density at radius 1 is 1.39 bits per heavy atom. The number of fused-ring (bicyclic) bond motifs is 1. The number of rotatable bonds is 4. The maximum Gasteiger partial charge on any atom is 0.237 e. The Hall–Kier alpha value is -2.79. The fraction of sp³-hybridized carbons (Fsp3) is 0.450. The van der Waals surface area contributed by atoms with Crippen LogP contribution in [0.3, 0.4) is 0 Å². The van der Waals surface area contributed by atoms with Crippen molar-refractivity contribution in [2.75, 3.05) is 31.5 Å². The summed E-state index contributed by atoms with van der Waals surface area (Å²) in [5, 5.41) is 13.2. The third-order valence-corrected chi connectivity index (χ3v) is 5.38. The number of pyridine rings is 1. The molecule has 0 saturated carbocycles. The molecule has 0 bridgehead atoms. The van der Waals surface area contributed by atoms with Crippen molar-refractivity contribution in [3.63, 3.8) is 0 Å². The van der Waals surface area contributed by atoms with Crippen LogP contribution in [0, 0.1) is 17.1 Å². The first-order valence-corrected chi connectivity index (χ1v) is 9.40. The zero-order valence-electron chi connectivity index (χ0n) is 15.3. The lowest BCUT2D eigenvalue weighted by Crippen LogP contribution is -2.42. The number of nitrogens with zero attached hydrogens (tertiary/aromatic N) is 4. The first-order chi connectivity index (χ1) is 13.5. The Morgan fingerprint density at radius 3 is 3.07 bits per heavy atom. The van der Waals surface area contributed by atoms with E-state index < -0.39 is 12.2 Å². The second kappa shape index (κ2) is 7.68. The molecule has 8 heteroatoms. The quantitative estimate of drug-likeness (QED) is 0.875. The number of hydrogen-bond donors (Lipinski definition) is 1. The van der Waals surface area contributed by atoms with Gasteiger partial charge in [0.25, 0.3) is 0 Å². The summed E-state index contributed by atoms with van der Waals surface area (Å²) in [6, 6.07) is 8.30. The van der Waals surface area contributed by atoms with Crippen LogP contribution in [0.1, 0.15) is 12.8 Å². The number of nitrogens with one attached hydrogen (secondary N) is 1. The highest BCUT2D eigenvalue weighted by Crippen LogP contribution is 2.24. The van der Waals surface area contributed by atoms with E-state index in [1.165, 1.54) is 11.0 Å². The molecule has 146 valence electrons. The molecule has 4 rings (SSSR count). The van der Waals surface area contributed by atoms with Crippen LogP contribution in [0.25, 0.3) is 10.9 Å². The molecule has 1 aromatic carbocycles. The van der Waals surface area contributed by atoms with Gasteiger partial charge in [-0.1, -0.05) is 6.07 Å². The van der Waals surface area contributed by atoms with Crippen molar-refractivity contribution < 1.29 is 13.6 Å². The third kappa shape index (κ3) is 3.76. The topological polar surface area (TPSA) is 72.3 Å². The van der Waals surface area contributed by atoms with Gasteiger partial charge in [-0.2, -0.15) is 5.26 Å². The number of halogens is 2. The van der Waals surface area contributed by atoms with Crippen molar-refractivity contribution in [3.05, 3.63) is 36.3 Å². The molecule has 2 aliphatic rings. The number of carbonyl (C=O) groups excluding carboxylic acids is 1. The van der Waals surface area contributed by atoms with E-state index in [2.05, 4.69) is 10.3 Å². The van der Waals surface area contributed by atoms with Gasteiger partial charge in [0.15, 0.2) is 5.82 Å². The molecule has 28 heavy (non-hydrogen) atoms. The minimum atomic E-state index is -1.13. The van der Waals surface area contributed by atoms with E-state index in [1.54, 1.807) is 12.3 Å². The summed E-state index contributed by atoms with van der Waals surface area (Å²) >= 11 is 0. The van der Waals surface area contributed by atoms with Crippen molar-refractivity contribution in [3.8, 4) is 6.07 Å². The Kier molecular flexibility index (Phi) is 5.09. The molecule has 2 fully saturated rings. The molecule has 2 saturated heterocycles. The van der Waals surface area contributed by atoms with Crippen LogP contribution < -0.4 is 5.32 Å². The molecule has 0 aliphatic carbocycles. The maximum absolute atomic E-state index is 14.2. The van der Waals surface area contributed by atoms with Crippen molar-refractivity contribution in [1.29, 1.82) is 5.26 Å². The van der Waals surface area contributed by atoms with Gasteiger partial charge in [0.1, 0.15) is 17.7 Å². The number of likely N-dealkylation sites (tertiary alicyclic amines) is 2. The molecule has 1 amide bonds. The van der Waals surface area contributed by atoms with Gasteiger partial charge in [-0.3, -0.25) is 14.7 Å². The van der Waals surface area contributed by atoms with Gasteiger partial charge in [-0.25, -0.2) is 8.78 Å². The zero-order chi connectivity index (χ0) is 19.7. The Bertz CT molecular complexity index is 930. The molecular weight excluding hydrogens is 364 g/mol. The smallest absolute Gasteiger partial charge is 0.237 e. The lowest BCUT2D eigenvalue weighted by molar-refractivity contribution is -0.132. The molecular formula is C20H21F2N5O. The van der Waals surface area contributed by atoms with Gasteiger partial charge < -0.3 is 10.2 Å². The van der Waals surface area contributed by atoms with Crippen molar-refractivity contribution in [2.24, 2.45) is 0 Å². The van der Waals surface area contributed by atoms with Gasteiger partial charge >= 0.3 is 0 Å². The van der Waals surface area contributed by atoms with Crippen LogP contribution in [-0.4, -0.2) is 65.1 Å². The van der Waals surface area contributed by atoms with Crippen LogP contribution in [0.15, 0.2) is 30.5 Å². The van der Waals surface area contributed by atoms with Crippen LogP contribution in [0.5, 0.6) is 0 Å². The average molecular weight is 385 g/mol. The summed E-state index contributed by atoms with van der Waals surface area (Å²) in [6.45, 7) is 1.50. The van der Waals surface area contributed by atoms with Crippen LogP contribution in [0.2, 0.25) is 0 Å². The molecule has 0 radical (unpaired) electrons. The largest absolute Gasteiger partial charge is 0.381 e. The Balaban J connectivity index is 1.36. The second-order valence-corrected chi connectivity index (χ2v) is 7.42. The SMILES string of the molecule is N#C[C@@H]1C[C@H](F)CN1C(=O)CN1CC[C@H](Nc2cc(F)c3ncccc3c2)C1. The van der Waals surface area contributed by atoms with E-state index in [0.717, 1.165) is 11.8 Å². The molecule has 1 aromatic heterocycles. The number of alkyl halides is 1. The predicted octanol–water partition coefficient (Wildman–Crippen LogP) is 2.32. The van der Waals surface area contributed by atoms with Crippen molar-refractivity contribution >= 4 is 22.5 Å². The van der Waals surface area contributed by atoms with Crippen molar-refractivity contribution in [2.45, 2.75) is 31.1 Å².